The van der Waals surface area contributed by atoms with E-state index in [2.05, 4.69) is 35.2 Å². The molecule has 0 radical (unpaired) electrons. The van der Waals surface area contributed by atoms with Crippen molar-refractivity contribution in [2.75, 3.05) is 31.1 Å². The van der Waals surface area contributed by atoms with Crippen LogP contribution in [0.25, 0.3) is 5.65 Å². The molecular weight excluding hydrogens is 320 g/mol. The van der Waals surface area contributed by atoms with E-state index >= 15 is 0 Å². The Hall–Kier alpha value is -2.55. The van der Waals surface area contributed by atoms with Crippen LogP contribution in [0.1, 0.15) is 36.3 Å². The standard InChI is InChI=1S/C16H20N8O/c1-11-18-19-13-4-5-14(20-24(11)13)23-8-6-22(7-9-23)10-15-17-16(21-25-15)12-2-3-12/h4-5,12H,2-3,6-10H2,1H3. The molecule has 0 bridgehead atoms. The lowest BCUT2D eigenvalue weighted by Gasteiger charge is -2.34. The molecule has 3 aromatic heterocycles. The highest BCUT2D eigenvalue weighted by Crippen LogP contribution is 2.38. The highest BCUT2D eigenvalue weighted by molar-refractivity contribution is 5.46. The molecule has 9 heteroatoms. The van der Waals surface area contributed by atoms with Crippen molar-refractivity contribution >= 4 is 11.5 Å². The summed E-state index contributed by atoms with van der Waals surface area (Å²) in [6.45, 7) is 6.37. The van der Waals surface area contributed by atoms with Gasteiger partial charge in [0.05, 0.1) is 6.54 Å². The number of hydrogen-bond donors (Lipinski definition) is 0. The van der Waals surface area contributed by atoms with Crippen LogP contribution in [0.2, 0.25) is 0 Å². The predicted molar refractivity (Wildman–Crippen MR) is 89.3 cm³/mol. The summed E-state index contributed by atoms with van der Waals surface area (Å²) in [4.78, 5) is 9.16. The van der Waals surface area contributed by atoms with Gasteiger partial charge in [0.15, 0.2) is 17.3 Å². The van der Waals surface area contributed by atoms with Crippen LogP contribution < -0.4 is 4.90 Å². The van der Waals surface area contributed by atoms with Gasteiger partial charge in [0, 0.05) is 32.1 Å². The summed E-state index contributed by atoms with van der Waals surface area (Å²) in [6.07, 6.45) is 2.39. The minimum Gasteiger partial charge on any atom is -0.353 e. The van der Waals surface area contributed by atoms with Gasteiger partial charge in [-0.1, -0.05) is 5.16 Å². The lowest BCUT2D eigenvalue weighted by atomic mass is 10.3. The van der Waals surface area contributed by atoms with Crippen LogP contribution in [0, 0.1) is 6.92 Å². The molecule has 0 amide bonds. The largest absolute Gasteiger partial charge is 0.353 e. The Kier molecular flexibility index (Phi) is 3.40. The highest BCUT2D eigenvalue weighted by atomic mass is 16.5. The van der Waals surface area contributed by atoms with Crippen LogP contribution in [-0.4, -0.2) is 61.0 Å². The minimum atomic E-state index is 0.538. The minimum absolute atomic E-state index is 0.538. The van der Waals surface area contributed by atoms with E-state index in [1.165, 1.54) is 12.8 Å². The van der Waals surface area contributed by atoms with Gasteiger partial charge in [0.25, 0.3) is 0 Å². The maximum absolute atomic E-state index is 5.39. The van der Waals surface area contributed by atoms with E-state index < -0.39 is 0 Å². The van der Waals surface area contributed by atoms with Gasteiger partial charge in [-0.3, -0.25) is 4.90 Å². The van der Waals surface area contributed by atoms with Gasteiger partial charge in [0.2, 0.25) is 5.89 Å². The van der Waals surface area contributed by atoms with E-state index in [0.717, 1.165) is 61.7 Å². The van der Waals surface area contributed by atoms with Crippen molar-refractivity contribution in [1.29, 1.82) is 0 Å². The summed E-state index contributed by atoms with van der Waals surface area (Å²) in [5, 5.41) is 16.9. The van der Waals surface area contributed by atoms with Crippen LogP contribution in [0.4, 0.5) is 5.82 Å². The molecule has 0 unspecified atom stereocenters. The maximum Gasteiger partial charge on any atom is 0.240 e. The number of piperazine rings is 1. The van der Waals surface area contributed by atoms with Crippen LogP contribution in [0.5, 0.6) is 0 Å². The fourth-order valence-corrected chi connectivity index (χ4v) is 3.22. The topological polar surface area (TPSA) is 88.5 Å². The summed E-state index contributed by atoms with van der Waals surface area (Å²) in [5.74, 6) is 3.92. The number of fused-ring (bicyclic) bond motifs is 1. The molecule has 5 rings (SSSR count). The molecule has 130 valence electrons. The van der Waals surface area contributed by atoms with E-state index in [-0.39, 0.29) is 0 Å². The summed E-state index contributed by atoms with van der Waals surface area (Å²) < 4.78 is 7.18. The number of hydrogen-bond acceptors (Lipinski definition) is 8. The lowest BCUT2D eigenvalue weighted by molar-refractivity contribution is 0.215. The molecule has 3 aromatic rings. The summed E-state index contributed by atoms with van der Waals surface area (Å²) in [5.41, 5.74) is 0.780. The average Bonchev–Trinajstić information content (AvgIpc) is 3.29. The number of aryl methyl sites for hydroxylation is 1. The number of nitrogens with zero attached hydrogens (tertiary/aromatic N) is 8. The molecule has 2 fully saturated rings. The van der Waals surface area contributed by atoms with Gasteiger partial charge >= 0.3 is 0 Å². The average molecular weight is 340 g/mol. The zero-order chi connectivity index (χ0) is 16.8. The Labute approximate surface area is 144 Å². The van der Waals surface area contributed by atoms with Crippen molar-refractivity contribution in [3.05, 3.63) is 29.7 Å². The van der Waals surface area contributed by atoms with Gasteiger partial charge in [-0.25, -0.2) is 0 Å². The molecule has 0 atom stereocenters. The monoisotopic (exact) mass is 340 g/mol. The van der Waals surface area contributed by atoms with Crippen molar-refractivity contribution in [2.45, 2.75) is 32.2 Å². The maximum atomic E-state index is 5.39. The van der Waals surface area contributed by atoms with Gasteiger partial charge in [-0.2, -0.15) is 9.50 Å². The first-order valence-electron chi connectivity index (χ1n) is 8.75. The Bertz CT molecular complexity index is 891. The molecule has 1 aliphatic carbocycles. The summed E-state index contributed by atoms with van der Waals surface area (Å²) in [7, 11) is 0. The van der Waals surface area contributed by atoms with E-state index in [9.17, 15) is 0 Å². The molecule has 1 aliphatic heterocycles. The molecule has 4 heterocycles. The zero-order valence-electron chi connectivity index (χ0n) is 14.2. The number of anilines is 1. The SMILES string of the molecule is Cc1nnc2ccc(N3CCN(Cc4nc(C5CC5)no4)CC3)nn12. The third-order valence-corrected chi connectivity index (χ3v) is 4.89. The summed E-state index contributed by atoms with van der Waals surface area (Å²) >= 11 is 0. The number of rotatable bonds is 4. The number of aromatic nitrogens is 6. The second-order valence-corrected chi connectivity index (χ2v) is 6.79. The molecule has 9 nitrogen and oxygen atoms in total. The Morgan fingerprint density at radius 3 is 2.76 bits per heavy atom. The zero-order valence-corrected chi connectivity index (χ0v) is 14.2. The molecule has 1 saturated carbocycles. The summed E-state index contributed by atoms with van der Waals surface area (Å²) in [6, 6.07) is 3.98. The van der Waals surface area contributed by atoms with E-state index in [4.69, 9.17) is 4.52 Å². The quantitative estimate of drug-likeness (QED) is 0.695. The van der Waals surface area contributed by atoms with Gasteiger partial charge in [0.1, 0.15) is 5.82 Å². The van der Waals surface area contributed by atoms with Gasteiger partial charge < -0.3 is 9.42 Å². The Morgan fingerprint density at radius 1 is 1.12 bits per heavy atom. The van der Waals surface area contributed by atoms with Crippen LogP contribution in [-0.2, 0) is 6.54 Å². The molecule has 25 heavy (non-hydrogen) atoms. The van der Waals surface area contributed by atoms with Gasteiger partial charge in [-0.15, -0.1) is 15.3 Å². The fourth-order valence-electron chi connectivity index (χ4n) is 3.22. The third kappa shape index (κ3) is 2.84. The molecule has 0 spiro atoms. The van der Waals surface area contributed by atoms with Crippen molar-refractivity contribution in [2.24, 2.45) is 0 Å². The van der Waals surface area contributed by atoms with Crippen LogP contribution >= 0.6 is 0 Å². The van der Waals surface area contributed by atoms with Gasteiger partial charge in [-0.05, 0) is 31.9 Å². The molecule has 0 aromatic carbocycles. The van der Waals surface area contributed by atoms with E-state index in [1.807, 2.05) is 19.1 Å². The Morgan fingerprint density at radius 2 is 1.96 bits per heavy atom. The Balaban J connectivity index is 1.23. The van der Waals surface area contributed by atoms with Crippen molar-refractivity contribution in [3.8, 4) is 0 Å². The normalized spacial score (nSPS) is 19.0. The first kappa shape index (κ1) is 14.8. The second-order valence-electron chi connectivity index (χ2n) is 6.79. The molecule has 0 N–H and O–H groups in total. The highest BCUT2D eigenvalue weighted by Gasteiger charge is 2.29. The molecule has 2 aliphatic rings. The fraction of sp³-hybridized carbons (Fsp3) is 0.562. The second kappa shape index (κ2) is 5.76. The van der Waals surface area contributed by atoms with E-state index in [0.29, 0.717) is 5.92 Å². The molecular formula is C16H20N8O. The van der Waals surface area contributed by atoms with Crippen molar-refractivity contribution in [1.82, 2.24) is 34.9 Å². The predicted octanol–water partition coefficient (Wildman–Crippen LogP) is 1.02. The third-order valence-electron chi connectivity index (χ3n) is 4.89. The van der Waals surface area contributed by atoms with Crippen LogP contribution in [0.3, 0.4) is 0 Å². The van der Waals surface area contributed by atoms with Crippen molar-refractivity contribution < 1.29 is 4.52 Å². The lowest BCUT2D eigenvalue weighted by Crippen LogP contribution is -2.46. The first-order valence-corrected chi connectivity index (χ1v) is 8.75. The van der Waals surface area contributed by atoms with E-state index in [1.54, 1.807) is 4.52 Å². The first-order chi connectivity index (χ1) is 12.3. The van der Waals surface area contributed by atoms with Crippen molar-refractivity contribution in [3.63, 3.8) is 0 Å². The van der Waals surface area contributed by atoms with Crippen LogP contribution in [0.15, 0.2) is 16.7 Å². The molecule has 1 saturated heterocycles. The smallest absolute Gasteiger partial charge is 0.240 e.